The van der Waals surface area contributed by atoms with Crippen molar-refractivity contribution >= 4 is 23.2 Å². The van der Waals surface area contributed by atoms with Crippen molar-refractivity contribution in [1.29, 1.82) is 0 Å². The number of hydrogen-bond donors (Lipinski definition) is 0. The van der Waals surface area contributed by atoms with Crippen molar-refractivity contribution in [3.8, 4) is 0 Å². The Bertz CT molecular complexity index is 339. The van der Waals surface area contributed by atoms with Crippen LogP contribution in [0.3, 0.4) is 0 Å². The Balaban J connectivity index is 0.000000921. The minimum atomic E-state index is 0.129. The standard InChI is InChI=1S/C10H13NOS.C2H6/c1-4-6-8-7(3)13-10(11-8)9(12)5-2;1-2/h4,6H,5H2,1-3H3;1-2H3/b6-4-;. The van der Waals surface area contributed by atoms with Crippen molar-refractivity contribution < 1.29 is 4.79 Å². The summed E-state index contributed by atoms with van der Waals surface area (Å²) in [4.78, 5) is 16.7. The first kappa shape index (κ1) is 14.0. The van der Waals surface area contributed by atoms with Gasteiger partial charge in [0.1, 0.15) is 0 Å². The topological polar surface area (TPSA) is 30.0 Å². The van der Waals surface area contributed by atoms with Gasteiger partial charge >= 0.3 is 0 Å². The maximum atomic E-state index is 11.3. The predicted octanol–water partition coefficient (Wildman–Crippen LogP) is 4.10. The van der Waals surface area contributed by atoms with Gasteiger partial charge in [0.25, 0.3) is 0 Å². The molecule has 0 radical (unpaired) electrons. The molecule has 1 aromatic heterocycles. The monoisotopic (exact) mass is 225 g/mol. The fourth-order valence-corrected chi connectivity index (χ4v) is 1.90. The van der Waals surface area contributed by atoms with Gasteiger partial charge in [-0.25, -0.2) is 4.98 Å². The molecule has 0 spiro atoms. The molecule has 0 bridgehead atoms. The molecular weight excluding hydrogens is 206 g/mol. The Morgan fingerprint density at radius 1 is 1.47 bits per heavy atom. The van der Waals surface area contributed by atoms with Crippen LogP contribution in [-0.2, 0) is 0 Å². The van der Waals surface area contributed by atoms with Crippen LogP contribution < -0.4 is 0 Å². The smallest absolute Gasteiger partial charge is 0.191 e. The van der Waals surface area contributed by atoms with Gasteiger partial charge in [-0.3, -0.25) is 4.79 Å². The van der Waals surface area contributed by atoms with Crippen LogP contribution in [0.5, 0.6) is 0 Å². The molecule has 0 atom stereocenters. The van der Waals surface area contributed by atoms with E-state index in [1.807, 2.05) is 46.8 Å². The fraction of sp³-hybridized carbons (Fsp3) is 0.500. The molecule has 0 aliphatic carbocycles. The van der Waals surface area contributed by atoms with Crippen LogP contribution in [0.2, 0.25) is 0 Å². The summed E-state index contributed by atoms with van der Waals surface area (Å²) in [5.41, 5.74) is 0.921. The third kappa shape index (κ3) is 3.96. The SMILES string of the molecule is C/C=C\c1nc(C(=O)CC)sc1C.CC. The summed E-state index contributed by atoms with van der Waals surface area (Å²) in [7, 11) is 0. The maximum absolute atomic E-state index is 11.3. The zero-order chi connectivity index (χ0) is 11.8. The van der Waals surface area contributed by atoms with Crippen molar-refractivity contribution in [2.45, 2.75) is 41.0 Å². The van der Waals surface area contributed by atoms with Gasteiger partial charge in [-0.2, -0.15) is 0 Å². The number of carbonyl (C=O) groups is 1. The lowest BCUT2D eigenvalue weighted by Gasteiger charge is -1.86. The van der Waals surface area contributed by atoms with Gasteiger partial charge in [0.15, 0.2) is 10.8 Å². The molecule has 0 saturated heterocycles. The lowest BCUT2D eigenvalue weighted by Crippen LogP contribution is -1.94. The van der Waals surface area contributed by atoms with Crippen LogP contribution >= 0.6 is 11.3 Å². The van der Waals surface area contributed by atoms with Gasteiger partial charge in [-0.1, -0.05) is 26.8 Å². The highest BCUT2D eigenvalue weighted by Crippen LogP contribution is 2.19. The van der Waals surface area contributed by atoms with Crippen LogP contribution in [-0.4, -0.2) is 10.8 Å². The molecule has 0 N–H and O–H groups in total. The summed E-state index contributed by atoms with van der Waals surface area (Å²) in [5, 5.41) is 0.633. The van der Waals surface area contributed by atoms with E-state index < -0.39 is 0 Å². The van der Waals surface area contributed by atoms with Crippen LogP contribution in [0, 0.1) is 6.92 Å². The molecule has 0 fully saturated rings. The molecular formula is C12H19NOS. The average molecular weight is 225 g/mol. The molecule has 0 amide bonds. The van der Waals surface area contributed by atoms with E-state index in [2.05, 4.69) is 4.98 Å². The first-order chi connectivity index (χ1) is 7.19. The molecule has 0 aromatic carbocycles. The number of carbonyl (C=O) groups excluding carboxylic acids is 1. The van der Waals surface area contributed by atoms with Gasteiger partial charge in [0.2, 0.25) is 0 Å². The van der Waals surface area contributed by atoms with Crippen molar-refractivity contribution in [3.05, 3.63) is 21.7 Å². The molecule has 0 aliphatic heterocycles. The zero-order valence-corrected chi connectivity index (χ0v) is 10.9. The number of aromatic nitrogens is 1. The molecule has 2 nitrogen and oxygen atoms in total. The van der Waals surface area contributed by atoms with Crippen LogP contribution in [0.4, 0.5) is 0 Å². The van der Waals surface area contributed by atoms with Gasteiger partial charge < -0.3 is 0 Å². The van der Waals surface area contributed by atoms with E-state index in [0.717, 1.165) is 10.6 Å². The van der Waals surface area contributed by atoms with E-state index in [0.29, 0.717) is 11.4 Å². The lowest BCUT2D eigenvalue weighted by molar-refractivity contribution is 0.0988. The Labute approximate surface area is 96.1 Å². The molecule has 0 saturated carbocycles. The average Bonchev–Trinajstić information content (AvgIpc) is 2.63. The zero-order valence-electron chi connectivity index (χ0n) is 10.1. The molecule has 0 unspecified atom stereocenters. The third-order valence-corrected chi connectivity index (χ3v) is 2.74. The molecule has 0 aliphatic rings. The number of ketones is 1. The van der Waals surface area contributed by atoms with E-state index in [9.17, 15) is 4.79 Å². The summed E-state index contributed by atoms with van der Waals surface area (Å²) in [6.45, 7) is 9.79. The molecule has 1 heterocycles. The molecule has 3 heteroatoms. The van der Waals surface area contributed by atoms with Crippen LogP contribution in [0.15, 0.2) is 6.08 Å². The highest BCUT2D eigenvalue weighted by atomic mass is 32.1. The Morgan fingerprint density at radius 2 is 2.07 bits per heavy atom. The number of allylic oxidation sites excluding steroid dienone is 1. The predicted molar refractivity (Wildman–Crippen MR) is 67.5 cm³/mol. The van der Waals surface area contributed by atoms with E-state index in [1.54, 1.807) is 0 Å². The van der Waals surface area contributed by atoms with Gasteiger partial charge in [-0.05, 0) is 19.9 Å². The highest BCUT2D eigenvalue weighted by molar-refractivity contribution is 7.13. The molecule has 84 valence electrons. The quantitative estimate of drug-likeness (QED) is 0.725. The molecule has 15 heavy (non-hydrogen) atoms. The lowest BCUT2D eigenvalue weighted by atomic mass is 10.3. The van der Waals surface area contributed by atoms with Crippen molar-refractivity contribution in [1.82, 2.24) is 4.98 Å². The number of thiazole rings is 1. The largest absolute Gasteiger partial charge is 0.292 e. The number of aryl methyl sites for hydroxylation is 1. The van der Waals surface area contributed by atoms with Crippen molar-refractivity contribution in [2.24, 2.45) is 0 Å². The van der Waals surface area contributed by atoms with Crippen LogP contribution in [0.25, 0.3) is 6.08 Å². The Morgan fingerprint density at radius 3 is 2.53 bits per heavy atom. The van der Waals surface area contributed by atoms with E-state index in [-0.39, 0.29) is 5.78 Å². The van der Waals surface area contributed by atoms with Gasteiger partial charge in [-0.15, -0.1) is 11.3 Å². The van der Waals surface area contributed by atoms with Gasteiger partial charge in [0, 0.05) is 11.3 Å². The number of Topliss-reactive ketones (excluding diaryl/α,β-unsaturated/α-hetero) is 1. The number of hydrogen-bond acceptors (Lipinski definition) is 3. The first-order valence-corrected chi connectivity index (χ1v) is 6.14. The first-order valence-electron chi connectivity index (χ1n) is 5.32. The van der Waals surface area contributed by atoms with E-state index in [1.165, 1.54) is 11.3 Å². The number of rotatable bonds is 3. The minimum Gasteiger partial charge on any atom is -0.292 e. The maximum Gasteiger partial charge on any atom is 0.191 e. The second-order valence-corrected chi connectivity index (χ2v) is 3.94. The molecule has 1 aromatic rings. The summed E-state index contributed by atoms with van der Waals surface area (Å²) in [6, 6.07) is 0. The van der Waals surface area contributed by atoms with Gasteiger partial charge in [0.05, 0.1) is 5.69 Å². The molecule has 1 rings (SSSR count). The Kier molecular flexibility index (Phi) is 6.88. The van der Waals surface area contributed by atoms with E-state index in [4.69, 9.17) is 0 Å². The third-order valence-electron chi connectivity index (χ3n) is 1.72. The normalized spacial score (nSPS) is 9.93. The fourth-order valence-electron chi connectivity index (χ4n) is 0.991. The number of nitrogens with zero attached hydrogens (tertiary/aromatic N) is 1. The van der Waals surface area contributed by atoms with Crippen molar-refractivity contribution in [2.75, 3.05) is 0 Å². The summed E-state index contributed by atoms with van der Waals surface area (Å²) < 4.78 is 0. The minimum absolute atomic E-state index is 0.129. The van der Waals surface area contributed by atoms with E-state index >= 15 is 0 Å². The second kappa shape index (κ2) is 7.35. The Hall–Kier alpha value is -0.960. The highest BCUT2D eigenvalue weighted by Gasteiger charge is 2.10. The van der Waals surface area contributed by atoms with Crippen molar-refractivity contribution in [3.63, 3.8) is 0 Å². The van der Waals surface area contributed by atoms with Crippen LogP contribution in [0.1, 0.15) is 54.5 Å². The summed E-state index contributed by atoms with van der Waals surface area (Å²) in [5.74, 6) is 0.129. The summed E-state index contributed by atoms with van der Waals surface area (Å²) >= 11 is 1.48. The summed E-state index contributed by atoms with van der Waals surface area (Å²) in [6.07, 6.45) is 4.39. The second-order valence-electron chi connectivity index (χ2n) is 2.74.